The van der Waals surface area contributed by atoms with E-state index in [9.17, 15) is 4.79 Å². The van der Waals surface area contributed by atoms with E-state index in [0.717, 1.165) is 11.3 Å². The number of anilines is 1. The second-order valence-corrected chi connectivity index (χ2v) is 6.92. The molecule has 0 saturated heterocycles. The van der Waals surface area contributed by atoms with Crippen molar-refractivity contribution in [2.24, 2.45) is 0 Å². The third kappa shape index (κ3) is 2.39. The Labute approximate surface area is 129 Å². The van der Waals surface area contributed by atoms with Crippen LogP contribution in [0.4, 0.5) is 5.69 Å². The second-order valence-electron chi connectivity index (χ2n) is 5.63. The highest BCUT2D eigenvalue weighted by Crippen LogP contribution is 2.34. The van der Waals surface area contributed by atoms with E-state index in [1.54, 1.807) is 4.90 Å². The van der Waals surface area contributed by atoms with E-state index in [4.69, 9.17) is 0 Å². The van der Waals surface area contributed by atoms with Crippen LogP contribution in [0.1, 0.15) is 32.5 Å². The van der Waals surface area contributed by atoms with Crippen LogP contribution < -0.4 is 10.2 Å². The molecule has 1 amide bonds. The van der Waals surface area contributed by atoms with Crippen molar-refractivity contribution in [1.82, 2.24) is 5.32 Å². The smallest absolute Gasteiger partial charge is 0.231 e. The Balaban J connectivity index is 1.99. The topological polar surface area (TPSA) is 32.3 Å². The largest absolute Gasteiger partial charge is 0.315 e. The number of thiophene rings is 1. The quantitative estimate of drug-likeness (QED) is 0.944. The van der Waals surface area contributed by atoms with Crippen molar-refractivity contribution in [1.29, 1.82) is 0 Å². The Bertz CT molecular complexity index is 685. The van der Waals surface area contributed by atoms with Crippen molar-refractivity contribution in [2.45, 2.75) is 26.3 Å². The Morgan fingerprint density at radius 2 is 2.05 bits per heavy atom. The van der Waals surface area contributed by atoms with E-state index in [1.165, 1.54) is 20.9 Å². The zero-order valence-electron chi connectivity index (χ0n) is 12.9. The summed E-state index contributed by atoms with van der Waals surface area (Å²) in [6, 6.07) is 8.80. The van der Waals surface area contributed by atoms with E-state index in [0.29, 0.717) is 6.42 Å². The molecular weight excluding hydrogens is 280 g/mol. The molecule has 1 N–H and O–H groups in total. The minimum absolute atomic E-state index is 0.172. The van der Waals surface area contributed by atoms with E-state index < -0.39 is 0 Å². The molecule has 4 heteroatoms. The van der Waals surface area contributed by atoms with Gasteiger partial charge in [-0.2, -0.15) is 0 Å². The van der Waals surface area contributed by atoms with Gasteiger partial charge in [0.15, 0.2) is 0 Å². The molecule has 1 atom stereocenters. The van der Waals surface area contributed by atoms with Gasteiger partial charge in [0.1, 0.15) is 0 Å². The average molecular weight is 300 g/mol. The normalized spacial score (nSPS) is 15.4. The number of fused-ring (bicyclic) bond motifs is 1. The number of likely N-dealkylation sites (N-methyl/N-ethyl adjacent to an activating group) is 1. The average Bonchev–Trinajstić information content (AvgIpc) is 2.92. The summed E-state index contributed by atoms with van der Waals surface area (Å²) in [6.07, 6.45) is 0.513. The summed E-state index contributed by atoms with van der Waals surface area (Å²) in [6.45, 7) is 4.31. The third-order valence-corrected chi connectivity index (χ3v) is 5.49. The van der Waals surface area contributed by atoms with Crippen molar-refractivity contribution >= 4 is 22.9 Å². The molecule has 0 saturated carbocycles. The van der Waals surface area contributed by atoms with Gasteiger partial charge in [0.05, 0.1) is 12.5 Å². The molecule has 0 radical (unpaired) electrons. The molecule has 1 aromatic heterocycles. The molecule has 1 unspecified atom stereocenters. The van der Waals surface area contributed by atoms with Crippen LogP contribution in [0.3, 0.4) is 0 Å². The molecule has 3 rings (SSSR count). The van der Waals surface area contributed by atoms with Gasteiger partial charge >= 0.3 is 0 Å². The lowest BCUT2D eigenvalue weighted by Gasteiger charge is -2.17. The van der Waals surface area contributed by atoms with Gasteiger partial charge in [-0.3, -0.25) is 4.79 Å². The lowest BCUT2D eigenvalue weighted by atomic mass is 10.0. The first-order chi connectivity index (χ1) is 10.0. The summed E-state index contributed by atoms with van der Waals surface area (Å²) in [5.74, 6) is 0.172. The molecule has 2 aromatic rings. The number of nitrogens with zero attached hydrogens (tertiary/aromatic N) is 1. The molecule has 1 aliphatic heterocycles. The van der Waals surface area contributed by atoms with Crippen LogP contribution in [0, 0.1) is 13.8 Å². The number of carbonyl (C=O) groups is 1. The van der Waals surface area contributed by atoms with Crippen molar-refractivity contribution in [2.75, 3.05) is 19.0 Å². The SMILES string of the molecule is CNC(c1ccc2c(c1)CC(=O)N2C)c1cc(C)c(C)s1. The Morgan fingerprint density at radius 3 is 2.67 bits per heavy atom. The summed E-state index contributed by atoms with van der Waals surface area (Å²) >= 11 is 1.84. The highest BCUT2D eigenvalue weighted by Gasteiger charge is 2.25. The minimum Gasteiger partial charge on any atom is -0.315 e. The van der Waals surface area contributed by atoms with Crippen molar-refractivity contribution in [3.8, 4) is 0 Å². The fourth-order valence-electron chi connectivity index (χ4n) is 2.89. The zero-order chi connectivity index (χ0) is 15.1. The van der Waals surface area contributed by atoms with Crippen molar-refractivity contribution < 1.29 is 4.79 Å². The van der Waals surface area contributed by atoms with Crippen LogP contribution in [-0.4, -0.2) is 20.0 Å². The van der Waals surface area contributed by atoms with E-state index in [-0.39, 0.29) is 11.9 Å². The fraction of sp³-hybridized carbons (Fsp3) is 0.353. The summed E-state index contributed by atoms with van der Waals surface area (Å²) in [4.78, 5) is 16.2. The molecule has 3 nitrogen and oxygen atoms in total. The highest BCUT2D eigenvalue weighted by molar-refractivity contribution is 7.12. The zero-order valence-corrected chi connectivity index (χ0v) is 13.7. The maximum absolute atomic E-state index is 11.8. The Hall–Kier alpha value is -1.65. The van der Waals surface area contributed by atoms with Crippen LogP contribution in [0.15, 0.2) is 24.3 Å². The summed E-state index contributed by atoms with van der Waals surface area (Å²) in [7, 11) is 3.83. The highest BCUT2D eigenvalue weighted by atomic mass is 32.1. The van der Waals surface area contributed by atoms with Gasteiger partial charge in [-0.05, 0) is 49.7 Å². The van der Waals surface area contributed by atoms with Gasteiger partial charge in [0, 0.05) is 22.5 Å². The van der Waals surface area contributed by atoms with E-state index >= 15 is 0 Å². The molecule has 0 bridgehead atoms. The first-order valence-electron chi connectivity index (χ1n) is 7.15. The van der Waals surface area contributed by atoms with Crippen LogP contribution in [0.25, 0.3) is 0 Å². The van der Waals surface area contributed by atoms with Gasteiger partial charge in [-0.15, -0.1) is 11.3 Å². The van der Waals surface area contributed by atoms with Crippen LogP contribution in [0.2, 0.25) is 0 Å². The van der Waals surface area contributed by atoms with E-state index in [2.05, 4.69) is 43.4 Å². The number of amides is 1. The lowest BCUT2D eigenvalue weighted by Crippen LogP contribution is -2.20. The molecule has 0 aliphatic carbocycles. The molecule has 1 aromatic carbocycles. The number of rotatable bonds is 3. The third-order valence-electron chi connectivity index (χ3n) is 4.27. The van der Waals surface area contributed by atoms with Crippen LogP contribution >= 0.6 is 11.3 Å². The molecule has 0 fully saturated rings. The molecule has 1 aliphatic rings. The van der Waals surface area contributed by atoms with Gasteiger partial charge in [0.2, 0.25) is 5.91 Å². The maximum Gasteiger partial charge on any atom is 0.231 e. The number of hydrogen-bond donors (Lipinski definition) is 1. The number of aryl methyl sites for hydroxylation is 2. The van der Waals surface area contributed by atoms with Gasteiger partial charge < -0.3 is 10.2 Å². The number of hydrogen-bond acceptors (Lipinski definition) is 3. The monoisotopic (exact) mass is 300 g/mol. The standard InChI is InChI=1S/C17H20N2OS/c1-10-7-15(21-11(10)2)17(18-3)12-5-6-14-13(8-12)9-16(20)19(14)4/h5-8,17-18H,9H2,1-4H3. The molecule has 21 heavy (non-hydrogen) atoms. The molecule has 0 spiro atoms. The minimum atomic E-state index is 0.172. The van der Waals surface area contributed by atoms with Crippen LogP contribution in [0.5, 0.6) is 0 Å². The fourth-order valence-corrected chi connectivity index (χ4v) is 4.07. The molecule has 110 valence electrons. The van der Waals surface area contributed by atoms with Crippen molar-refractivity contribution in [3.05, 3.63) is 50.7 Å². The molecular formula is C17H20N2OS. The van der Waals surface area contributed by atoms with Gasteiger partial charge in [-0.1, -0.05) is 12.1 Å². The Morgan fingerprint density at radius 1 is 1.29 bits per heavy atom. The predicted octanol–water partition coefficient (Wildman–Crippen LogP) is 3.19. The van der Waals surface area contributed by atoms with Gasteiger partial charge in [0.25, 0.3) is 0 Å². The summed E-state index contributed by atoms with van der Waals surface area (Å²) < 4.78 is 0. The predicted molar refractivity (Wildman–Crippen MR) is 88.3 cm³/mol. The van der Waals surface area contributed by atoms with Crippen molar-refractivity contribution in [3.63, 3.8) is 0 Å². The number of nitrogens with one attached hydrogen (secondary N) is 1. The summed E-state index contributed by atoms with van der Waals surface area (Å²) in [5.41, 5.74) is 4.73. The lowest BCUT2D eigenvalue weighted by molar-refractivity contribution is -0.117. The van der Waals surface area contributed by atoms with E-state index in [1.807, 2.05) is 25.4 Å². The first kappa shape index (κ1) is 14.3. The Kier molecular flexibility index (Phi) is 3.59. The van der Waals surface area contributed by atoms with Crippen LogP contribution in [-0.2, 0) is 11.2 Å². The second kappa shape index (κ2) is 5.28. The number of benzene rings is 1. The number of carbonyl (C=O) groups excluding carboxylic acids is 1. The molecule has 2 heterocycles. The summed E-state index contributed by atoms with van der Waals surface area (Å²) in [5, 5.41) is 3.40. The van der Waals surface area contributed by atoms with Gasteiger partial charge in [-0.25, -0.2) is 0 Å². The first-order valence-corrected chi connectivity index (χ1v) is 7.96. The maximum atomic E-state index is 11.8.